The Morgan fingerprint density at radius 1 is 1.03 bits per heavy atom. The molecule has 1 heterocycles. The van der Waals surface area contributed by atoms with Crippen molar-refractivity contribution in [2.24, 2.45) is 0 Å². The number of aryl methyl sites for hydroxylation is 2. The van der Waals surface area contributed by atoms with Crippen LogP contribution >= 0.6 is 23.4 Å². The van der Waals surface area contributed by atoms with Crippen molar-refractivity contribution in [1.29, 1.82) is 0 Å². The molecule has 2 aliphatic rings. The lowest BCUT2D eigenvalue weighted by Gasteiger charge is -2.44. The van der Waals surface area contributed by atoms with Crippen LogP contribution in [0.5, 0.6) is 0 Å². The molecule has 0 bridgehead atoms. The van der Waals surface area contributed by atoms with Gasteiger partial charge in [0.05, 0.1) is 4.91 Å². The molecule has 1 aliphatic heterocycles. The zero-order chi connectivity index (χ0) is 26.6. The third-order valence-corrected chi connectivity index (χ3v) is 9.15. The fourth-order valence-corrected chi connectivity index (χ4v) is 6.88. The second-order valence-corrected chi connectivity index (χ2v) is 12.0. The average Bonchev–Trinajstić information content (AvgIpc) is 2.93. The van der Waals surface area contributed by atoms with Gasteiger partial charge in [-0.3, -0.25) is 9.59 Å². The van der Waals surface area contributed by atoms with E-state index < -0.39 is 0 Å². The number of hydrogen-bond donors (Lipinski definition) is 1. The Bertz CT molecular complexity index is 1350. The molecule has 196 valence electrons. The Kier molecular flexibility index (Phi) is 8.25. The minimum atomic E-state index is -0.132. The molecule has 1 saturated heterocycles. The molecular weight excluding hydrogens is 512 g/mol. The summed E-state index contributed by atoms with van der Waals surface area (Å²) in [4.78, 5) is 29.3. The zero-order valence-electron chi connectivity index (χ0n) is 21.9. The van der Waals surface area contributed by atoms with Crippen molar-refractivity contribution in [3.05, 3.63) is 110 Å². The monoisotopic (exact) mass is 544 g/mol. The molecule has 6 heteroatoms. The van der Waals surface area contributed by atoms with Gasteiger partial charge in [0.15, 0.2) is 0 Å². The van der Waals surface area contributed by atoms with Crippen LogP contribution < -0.4 is 5.32 Å². The van der Waals surface area contributed by atoms with Crippen LogP contribution in [0.4, 0.5) is 0 Å². The van der Waals surface area contributed by atoms with E-state index in [0.717, 1.165) is 28.9 Å². The summed E-state index contributed by atoms with van der Waals surface area (Å²) in [6.07, 6.45) is 6.59. The van der Waals surface area contributed by atoms with E-state index in [2.05, 4.69) is 42.3 Å². The van der Waals surface area contributed by atoms with Gasteiger partial charge in [-0.2, -0.15) is 0 Å². The SMILES string of the molecule is Cc1ccc(C)c(CN2C(=O)/C(=C/c3ccc(C(=O)NCc4ccc(Cl)cc4)cc3)SC3CCCCC32)c1. The summed E-state index contributed by atoms with van der Waals surface area (Å²) in [5, 5.41) is 4.05. The molecule has 2 unspecified atom stereocenters. The van der Waals surface area contributed by atoms with Crippen molar-refractivity contribution >= 4 is 41.3 Å². The number of amides is 2. The molecule has 1 N–H and O–H groups in total. The molecular formula is C32H33ClN2O2S. The predicted molar refractivity (Wildman–Crippen MR) is 157 cm³/mol. The molecule has 0 spiro atoms. The summed E-state index contributed by atoms with van der Waals surface area (Å²) in [7, 11) is 0. The topological polar surface area (TPSA) is 49.4 Å². The summed E-state index contributed by atoms with van der Waals surface area (Å²) >= 11 is 7.67. The molecule has 3 aromatic rings. The Morgan fingerprint density at radius 3 is 2.53 bits per heavy atom. The van der Waals surface area contributed by atoms with Crippen LogP contribution in [0.15, 0.2) is 71.6 Å². The summed E-state index contributed by atoms with van der Waals surface area (Å²) in [6, 6.07) is 21.7. The first-order chi connectivity index (χ1) is 18.4. The fraction of sp³-hybridized carbons (Fsp3) is 0.312. The van der Waals surface area contributed by atoms with E-state index >= 15 is 0 Å². The molecule has 4 nitrogen and oxygen atoms in total. The highest BCUT2D eigenvalue weighted by molar-refractivity contribution is 8.04. The third kappa shape index (κ3) is 6.16. The average molecular weight is 545 g/mol. The highest BCUT2D eigenvalue weighted by Crippen LogP contribution is 2.43. The first-order valence-electron chi connectivity index (χ1n) is 13.3. The smallest absolute Gasteiger partial charge is 0.260 e. The summed E-state index contributed by atoms with van der Waals surface area (Å²) < 4.78 is 0. The van der Waals surface area contributed by atoms with Gasteiger partial charge in [0, 0.05) is 35.0 Å². The molecule has 1 saturated carbocycles. The molecule has 2 amide bonds. The number of carbonyl (C=O) groups is 2. The number of thioether (sulfide) groups is 1. The molecule has 0 aromatic heterocycles. The minimum Gasteiger partial charge on any atom is -0.348 e. The van der Waals surface area contributed by atoms with Gasteiger partial charge in [0.25, 0.3) is 11.8 Å². The second-order valence-electron chi connectivity index (χ2n) is 10.3. The molecule has 0 radical (unpaired) electrons. The van der Waals surface area contributed by atoms with E-state index in [1.807, 2.05) is 54.6 Å². The maximum absolute atomic E-state index is 13.8. The zero-order valence-corrected chi connectivity index (χ0v) is 23.4. The quantitative estimate of drug-likeness (QED) is 0.331. The van der Waals surface area contributed by atoms with Crippen molar-refractivity contribution in [3.8, 4) is 0 Å². The van der Waals surface area contributed by atoms with Crippen LogP contribution in [0.25, 0.3) is 6.08 Å². The summed E-state index contributed by atoms with van der Waals surface area (Å²) in [5.74, 6) is -0.0177. The van der Waals surface area contributed by atoms with Crippen LogP contribution in [0.2, 0.25) is 5.02 Å². The van der Waals surface area contributed by atoms with Crippen LogP contribution in [-0.2, 0) is 17.9 Å². The Labute approximate surface area is 234 Å². The van der Waals surface area contributed by atoms with Crippen molar-refractivity contribution in [1.82, 2.24) is 10.2 Å². The van der Waals surface area contributed by atoms with Crippen molar-refractivity contribution in [2.45, 2.75) is 63.9 Å². The van der Waals surface area contributed by atoms with Crippen LogP contribution in [-0.4, -0.2) is 28.0 Å². The standard InChI is InChI=1S/C32H33ClN2O2S/c1-21-7-8-22(2)26(17-21)20-35-28-5-3-4-6-29(28)38-30(32(35)37)18-23-9-13-25(14-10-23)31(36)34-19-24-11-15-27(33)16-12-24/h7-18,28-29H,3-6,19-20H2,1-2H3,(H,34,36)/b30-18-. The fourth-order valence-electron chi connectivity index (χ4n) is 5.28. The maximum atomic E-state index is 13.8. The molecule has 3 aromatic carbocycles. The number of halogens is 1. The Morgan fingerprint density at radius 2 is 1.76 bits per heavy atom. The number of nitrogens with zero attached hydrogens (tertiary/aromatic N) is 1. The number of nitrogens with one attached hydrogen (secondary N) is 1. The Balaban J connectivity index is 1.31. The van der Waals surface area contributed by atoms with Gasteiger partial charge in [-0.25, -0.2) is 0 Å². The number of hydrogen-bond acceptors (Lipinski definition) is 3. The van der Waals surface area contributed by atoms with Gasteiger partial charge in [0.1, 0.15) is 0 Å². The lowest BCUT2D eigenvalue weighted by atomic mass is 9.92. The summed E-state index contributed by atoms with van der Waals surface area (Å²) in [5.41, 5.74) is 6.18. The van der Waals surface area contributed by atoms with Crippen LogP contribution in [0.3, 0.4) is 0 Å². The van der Waals surface area contributed by atoms with E-state index in [-0.39, 0.29) is 17.9 Å². The predicted octanol–water partition coefficient (Wildman–Crippen LogP) is 7.31. The second kappa shape index (κ2) is 11.8. The van der Waals surface area contributed by atoms with Gasteiger partial charge in [0.2, 0.25) is 0 Å². The van der Waals surface area contributed by atoms with Crippen molar-refractivity contribution < 1.29 is 9.59 Å². The van der Waals surface area contributed by atoms with Crippen molar-refractivity contribution in [3.63, 3.8) is 0 Å². The highest BCUT2D eigenvalue weighted by atomic mass is 35.5. The van der Waals surface area contributed by atoms with Gasteiger partial charge >= 0.3 is 0 Å². The van der Waals surface area contributed by atoms with Crippen LogP contribution in [0.1, 0.15) is 63.9 Å². The molecule has 2 fully saturated rings. The molecule has 38 heavy (non-hydrogen) atoms. The summed E-state index contributed by atoms with van der Waals surface area (Å²) in [6.45, 7) is 5.32. The number of benzene rings is 3. The van der Waals surface area contributed by atoms with E-state index in [1.54, 1.807) is 11.8 Å². The van der Waals surface area contributed by atoms with E-state index in [1.165, 1.54) is 29.5 Å². The number of fused-ring (bicyclic) bond motifs is 1. The van der Waals surface area contributed by atoms with Crippen LogP contribution in [0, 0.1) is 13.8 Å². The normalized spacial score (nSPS) is 20.3. The van der Waals surface area contributed by atoms with E-state index in [4.69, 9.17) is 11.6 Å². The van der Waals surface area contributed by atoms with Crippen molar-refractivity contribution in [2.75, 3.05) is 0 Å². The van der Waals surface area contributed by atoms with Gasteiger partial charge in [-0.15, -0.1) is 11.8 Å². The van der Waals surface area contributed by atoms with E-state index in [0.29, 0.717) is 28.9 Å². The lowest BCUT2D eigenvalue weighted by Crippen LogP contribution is -2.50. The van der Waals surface area contributed by atoms with Gasteiger partial charge in [-0.1, -0.05) is 72.5 Å². The lowest BCUT2D eigenvalue weighted by molar-refractivity contribution is -0.130. The highest BCUT2D eigenvalue weighted by Gasteiger charge is 2.40. The Hall–Kier alpha value is -3.02. The first-order valence-corrected chi connectivity index (χ1v) is 14.5. The largest absolute Gasteiger partial charge is 0.348 e. The number of rotatable bonds is 6. The maximum Gasteiger partial charge on any atom is 0.260 e. The number of carbonyl (C=O) groups excluding carboxylic acids is 2. The molecule has 1 aliphatic carbocycles. The van der Waals surface area contributed by atoms with E-state index in [9.17, 15) is 9.59 Å². The first kappa shape index (κ1) is 26.6. The minimum absolute atomic E-state index is 0.115. The van der Waals surface area contributed by atoms with Gasteiger partial charge < -0.3 is 10.2 Å². The molecule has 2 atom stereocenters. The molecule has 5 rings (SSSR count). The third-order valence-electron chi connectivity index (χ3n) is 7.50. The van der Waals surface area contributed by atoms with Gasteiger partial charge in [-0.05, 0) is 79.3 Å².